The van der Waals surface area contributed by atoms with Crippen molar-refractivity contribution in [2.75, 3.05) is 38.2 Å². The van der Waals surface area contributed by atoms with Gasteiger partial charge in [-0.15, -0.1) is 0 Å². The maximum Gasteiger partial charge on any atom is 0.224 e. The average Bonchev–Trinajstić information content (AvgIpc) is 2.68. The number of benzene rings is 1. The van der Waals surface area contributed by atoms with Gasteiger partial charge in [0.05, 0.1) is 23.7 Å². The van der Waals surface area contributed by atoms with Gasteiger partial charge in [-0.3, -0.25) is 4.90 Å². The Morgan fingerprint density at radius 1 is 1.04 bits per heavy atom. The van der Waals surface area contributed by atoms with Crippen molar-refractivity contribution < 1.29 is 4.74 Å². The van der Waals surface area contributed by atoms with E-state index in [0.29, 0.717) is 5.88 Å². The first kappa shape index (κ1) is 16.7. The Morgan fingerprint density at radius 2 is 1.88 bits per heavy atom. The minimum absolute atomic E-state index is 0.620. The van der Waals surface area contributed by atoms with E-state index in [0.717, 1.165) is 55.1 Å². The molecule has 0 unspecified atom stereocenters. The molecule has 0 N–H and O–H groups in total. The Bertz CT molecular complexity index is 907. The third-order valence-corrected chi connectivity index (χ3v) is 4.73. The summed E-state index contributed by atoms with van der Waals surface area (Å²) in [6.45, 7) is 6.76. The fourth-order valence-corrected chi connectivity index (χ4v) is 3.37. The van der Waals surface area contributed by atoms with Crippen LogP contribution in [0.2, 0.25) is 0 Å². The van der Waals surface area contributed by atoms with E-state index < -0.39 is 0 Å². The Morgan fingerprint density at radius 3 is 2.65 bits per heavy atom. The minimum atomic E-state index is 0.620. The molecule has 3 heterocycles. The number of aromatic nitrogens is 4. The molecule has 3 aromatic rings. The normalized spacial score (nSPS) is 15.4. The summed E-state index contributed by atoms with van der Waals surface area (Å²) >= 11 is 0. The zero-order valence-electron chi connectivity index (χ0n) is 15.1. The molecule has 1 fully saturated rings. The molecule has 4 rings (SSSR count). The van der Waals surface area contributed by atoms with Crippen LogP contribution in [0.1, 0.15) is 11.5 Å². The lowest BCUT2D eigenvalue weighted by atomic mass is 10.2. The van der Waals surface area contributed by atoms with E-state index in [9.17, 15) is 0 Å². The van der Waals surface area contributed by atoms with E-state index in [2.05, 4.69) is 41.9 Å². The lowest BCUT2D eigenvalue weighted by Crippen LogP contribution is -2.46. The first-order valence-electron chi connectivity index (χ1n) is 8.77. The van der Waals surface area contributed by atoms with Crippen LogP contribution in [0, 0.1) is 6.92 Å². The molecule has 1 aliphatic heterocycles. The van der Waals surface area contributed by atoms with Gasteiger partial charge < -0.3 is 9.64 Å². The van der Waals surface area contributed by atoms with Crippen molar-refractivity contribution in [3.05, 3.63) is 48.3 Å². The summed E-state index contributed by atoms with van der Waals surface area (Å²) in [5.41, 5.74) is 3.17. The third-order valence-electron chi connectivity index (χ3n) is 4.73. The van der Waals surface area contributed by atoms with Crippen molar-refractivity contribution in [3.8, 4) is 5.88 Å². The van der Waals surface area contributed by atoms with Gasteiger partial charge in [0.25, 0.3) is 0 Å². The van der Waals surface area contributed by atoms with Gasteiger partial charge >= 0.3 is 0 Å². The van der Waals surface area contributed by atoms with E-state index in [1.165, 1.54) is 12.0 Å². The average molecular weight is 350 g/mol. The first-order chi connectivity index (χ1) is 12.7. The fraction of sp³-hybridized carbons (Fsp3) is 0.368. The number of rotatable bonds is 4. The number of ether oxygens (including phenoxy) is 1. The van der Waals surface area contributed by atoms with Gasteiger partial charge in [-0.1, -0.05) is 0 Å². The second-order valence-corrected chi connectivity index (χ2v) is 6.44. The molecule has 0 aliphatic carbocycles. The molecule has 0 amide bonds. The SMILES string of the molecule is COc1ncnc2ccc(N3CCN(Cc4ccnc(C)n4)CC3)cc12. The van der Waals surface area contributed by atoms with E-state index >= 15 is 0 Å². The largest absolute Gasteiger partial charge is 0.480 e. The molecule has 1 saturated heterocycles. The van der Waals surface area contributed by atoms with Crippen LogP contribution in [-0.2, 0) is 6.54 Å². The lowest BCUT2D eigenvalue weighted by Gasteiger charge is -2.36. The Hall–Kier alpha value is -2.80. The molecule has 7 nitrogen and oxygen atoms in total. The first-order valence-corrected chi connectivity index (χ1v) is 8.77. The molecule has 2 aromatic heterocycles. The number of anilines is 1. The number of fused-ring (bicyclic) bond motifs is 1. The van der Waals surface area contributed by atoms with E-state index in [1.54, 1.807) is 7.11 Å². The second kappa shape index (κ2) is 7.21. The van der Waals surface area contributed by atoms with E-state index in [-0.39, 0.29) is 0 Å². The number of nitrogens with zero attached hydrogens (tertiary/aromatic N) is 6. The molecule has 134 valence electrons. The number of aryl methyl sites for hydroxylation is 1. The van der Waals surface area contributed by atoms with Crippen LogP contribution in [0.15, 0.2) is 36.8 Å². The van der Waals surface area contributed by atoms with Crippen molar-refractivity contribution in [3.63, 3.8) is 0 Å². The van der Waals surface area contributed by atoms with Crippen molar-refractivity contribution in [1.29, 1.82) is 0 Å². The van der Waals surface area contributed by atoms with Gasteiger partial charge in [-0.2, -0.15) is 0 Å². The Labute approximate surface area is 152 Å². The molecule has 0 bridgehead atoms. The maximum atomic E-state index is 5.37. The molecule has 0 saturated carbocycles. The van der Waals surface area contributed by atoms with Crippen LogP contribution >= 0.6 is 0 Å². The van der Waals surface area contributed by atoms with E-state index in [4.69, 9.17) is 4.74 Å². The summed E-state index contributed by atoms with van der Waals surface area (Å²) in [5.74, 6) is 1.45. The predicted molar refractivity (Wildman–Crippen MR) is 100 cm³/mol. The van der Waals surface area contributed by atoms with Crippen molar-refractivity contribution >= 4 is 16.6 Å². The molecule has 26 heavy (non-hydrogen) atoms. The third kappa shape index (κ3) is 3.43. The lowest BCUT2D eigenvalue weighted by molar-refractivity contribution is 0.247. The fourth-order valence-electron chi connectivity index (χ4n) is 3.37. The van der Waals surface area contributed by atoms with Gasteiger partial charge in [0.1, 0.15) is 12.2 Å². The molecule has 0 spiro atoms. The highest BCUT2D eigenvalue weighted by atomic mass is 16.5. The Balaban J connectivity index is 1.45. The molecular weight excluding hydrogens is 328 g/mol. The minimum Gasteiger partial charge on any atom is -0.480 e. The van der Waals surface area contributed by atoms with E-state index in [1.807, 2.05) is 25.3 Å². The predicted octanol–water partition coefficient (Wildman–Crippen LogP) is 2.06. The monoisotopic (exact) mass is 350 g/mol. The summed E-state index contributed by atoms with van der Waals surface area (Å²) in [7, 11) is 1.64. The zero-order chi connectivity index (χ0) is 17.9. The van der Waals surface area contributed by atoms with Gasteiger partial charge in [0, 0.05) is 44.6 Å². The van der Waals surface area contributed by atoms with Crippen LogP contribution in [-0.4, -0.2) is 58.1 Å². The second-order valence-electron chi connectivity index (χ2n) is 6.44. The van der Waals surface area contributed by atoms with Crippen LogP contribution < -0.4 is 9.64 Å². The number of hydrogen-bond donors (Lipinski definition) is 0. The summed E-state index contributed by atoms with van der Waals surface area (Å²) < 4.78 is 5.37. The standard InChI is InChI=1S/C19H22N6O/c1-14-20-6-5-15(23-14)12-24-7-9-25(10-8-24)16-3-4-18-17(11-16)19(26-2)22-13-21-18/h3-6,11,13H,7-10,12H2,1-2H3. The maximum absolute atomic E-state index is 5.37. The highest BCUT2D eigenvalue weighted by Crippen LogP contribution is 2.27. The summed E-state index contributed by atoms with van der Waals surface area (Å²) in [6, 6.07) is 8.27. The van der Waals surface area contributed by atoms with Gasteiger partial charge in [0.15, 0.2) is 0 Å². The topological polar surface area (TPSA) is 67.3 Å². The van der Waals surface area contributed by atoms with Crippen LogP contribution in [0.3, 0.4) is 0 Å². The number of hydrogen-bond acceptors (Lipinski definition) is 7. The molecule has 1 aromatic carbocycles. The summed E-state index contributed by atoms with van der Waals surface area (Å²) in [5, 5.41) is 0.950. The molecule has 0 radical (unpaired) electrons. The smallest absolute Gasteiger partial charge is 0.224 e. The van der Waals surface area contributed by atoms with Gasteiger partial charge in [-0.05, 0) is 31.2 Å². The van der Waals surface area contributed by atoms with Gasteiger partial charge in [-0.25, -0.2) is 19.9 Å². The van der Waals surface area contributed by atoms with Crippen LogP contribution in [0.5, 0.6) is 5.88 Å². The molecule has 7 heteroatoms. The van der Waals surface area contributed by atoms with Crippen molar-refractivity contribution in [2.24, 2.45) is 0 Å². The molecule has 1 aliphatic rings. The van der Waals surface area contributed by atoms with Crippen LogP contribution in [0.4, 0.5) is 5.69 Å². The summed E-state index contributed by atoms with van der Waals surface area (Å²) in [4.78, 5) is 22.0. The van der Waals surface area contributed by atoms with Crippen molar-refractivity contribution in [1.82, 2.24) is 24.8 Å². The van der Waals surface area contributed by atoms with Crippen molar-refractivity contribution in [2.45, 2.75) is 13.5 Å². The van der Waals surface area contributed by atoms with Gasteiger partial charge in [0.2, 0.25) is 5.88 Å². The highest BCUT2D eigenvalue weighted by Gasteiger charge is 2.18. The highest BCUT2D eigenvalue weighted by molar-refractivity contribution is 5.86. The number of methoxy groups -OCH3 is 1. The molecule has 0 atom stereocenters. The van der Waals surface area contributed by atoms with Crippen LogP contribution in [0.25, 0.3) is 10.9 Å². The number of piperazine rings is 1. The summed E-state index contributed by atoms with van der Waals surface area (Å²) in [6.07, 6.45) is 3.37. The molecular formula is C19H22N6O. The quantitative estimate of drug-likeness (QED) is 0.713. The zero-order valence-corrected chi connectivity index (χ0v) is 15.1. The Kier molecular flexibility index (Phi) is 4.62.